The Hall–Kier alpha value is -2.56. The van der Waals surface area contributed by atoms with Crippen LogP contribution in [0.2, 0.25) is 0 Å². The molecule has 0 saturated carbocycles. The average molecular weight is 256 g/mol. The summed E-state index contributed by atoms with van der Waals surface area (Å²) in [5, 5.41) is 3.14. The number of primary amides is 1. The Bertz CT molecular complexity index is 610. The normalized spacial score (nSPS) is 10.2. The number of rotatable bonds is 4. The summed E-state index contributed by atoms with van der Waals surface area (Å²) < 4.78 is 0. The predicted octanol–water partition coefficient (Wildman–Crippen LogP) is 2.07. The van der Waals surface area contributed by atoms with Gasteiger partial charge in [-0.3, -0.25) is 4.79 Å². The summed E-state index contributed by atoms with van der Waals surface area (Å²) in [5.41, 5.74) is 13.9. The second kappa shape index (κ2) is 5.39. The van der Waals surface area contributed by atoms with Gasteiger partial charge in [-0.1, -0.05) is 19.1 Å². The summed E-state index contributed by atoms with van der Waals surface area (Å²) in [6, 6.07) is 9.40. The van der Waals surface area contributed by atoms with E-state index in [-0.39, 0.29) is 5.82 Å². The monoisotopic (exact) mass is 256 g/mol. The lowest BCUT2D eigenvalue weighted by molar-refractivity contribution is 0.100. The van der Waals surface area contributed by atoms with Crippen molar-refractivity contribution in [1.29, 1.82) is 0 Å². The molecular formula is C14H16N4O. The lowest BCUT2D eigenvalue weighted by Crippen LogP contribution is -2.14. The predicted molar refractivity (Wildman–Crippen MR) is 76.3 cm³/mol. The minimum atomic E-state index is -0.539. The highest BCUT2D eigenvalue weighted by atomic mass is 16.1. The summed E-state index contributed by atoms with van der Waals surface area (Å²) in [5.74, 6) is -0.273. The van der Waals surface area contributed by atoms with Gasteiger partial charge in [-0.25, -0.2) is 4.98 Å². The third-order valence-corrected chi connectivity index (χ3v) is 2.80. The van der Waals surface area contributed by atoms with Crippen molar-refractivity contribution in [1.82, 2.24) is 4.98 Å². The lowest BCUT2D eigenvalue weighted by atomic mass is 10.1. The molecule has 1 aromatic carbocycles. The highest BCUT2D eigenvalue weighted by Gasteiger charge is 2.09. The van der Waals surface area contributed by atoms with Gasteiger partial charge in [0.15, 0.2) is 0 Å². The van der Waals surface area contributed by atoms with E-state index < -0.39 is 5.91 Å². The van der Waals surface area contributed by atoms with Gasteiger partial charge < -0.3 is 16.8 Å². The number of nitrogens with zero attached hydrogens (tertiary/aromatic N) is 1. The quantitative estimate of drug-likeness (QED) is 0.780. The van der Waals surface area contributed by atoms with Crippen LogP contribution in [-0.4, -0.2) is 10.9 Å². The van der Waals surface area contributed by atoms with Gasteiger partial charge in [-0.2, -0.15) is 0 Å². The minimum Gasteiger partial charge on any atom is -0.384 e. The molecule has 0 aliphatic rings. The van der Waals surface area contributed by atoms with E-state index in [1.807, 2.05) is 24.3 Å². The van der Waals surface area contributed by atoms with E-state index in [2.05, 4.69) is 17.2 Å². The van der Waals surface area contributed by atoms with Gasteiger partial charge in [0.25, 0.3) is 5.91 Å². The number of amides is 1. The second-order valence-corrected chi connectivity index (χ2v) is 4.20. The van der Waals surface area contributed by atoms with Crippen LogP contribution in [0.25, 0.3) is 0 Å². The number of pyridine rings is 1. The van der Waals surface area contributed by atoms with Gasteiger partial charge in [-0.15, -0.1) is 0 Å². The number of aromatic nitrogens is 1. The van der Waals surface area contributed by atoms with Crippen LogP contribution < -0.4 is 16.8 Å². The van der Waals surface area contributed by atoms with E-state index in [1.54, 1.807) is 0 Å². The topological polar surface area (TPSA) is 94.0 Å². The van der Waals surface area contributed by atoms with Crippen molar-refractivity contribution in [2.45, 2.75) is 13.3 Å². The van der Waals surface area contributed by atoms with E-state index in [4.69, 9.17) is 11.5 Å². The first kappa shape index (κ1) is 12.9. The average Bonchev–Trinajstić information content (AvgIpc) is 2.41. The van der Waals surface area contributed by atoms with Crippen molar-refractivity contribution in [3.63, 3.8) is 0 Å². The van der Waals surface area contributed by atoms with Crippen LogP contribution in [0.5, 0.6) is 0 Å². The van der Waals surface area contributed by atoms with Crippen molar-refractivity contribution in [3.05, 3.63) is 47.7 Å². The first-order chi connectivity index (χ1) is 9.10. The van der Waals surface area contributed by atoms with Crippen molar-refractivity contribution >= 4 is 23.1 Å². The Morgan fingerprint density at radius 2 is 2.16 bits per heavy atom. The number of hydrogen-bond acceptors (Lipinski definition) is 4. The molecule has 0 aliphatic carbocycles. The molecule has 0 atom stereocenters. The summed E-state index contributed by atoms with van der Waals surface area (Å²) in [4.78, 5) is 15.4. The number of hydrogen-bond donors (Lipinski definition) is 3. The van der Waals surface area contributed by atoms with E-state index in [1.165, 1.54) is 17.8 Å². The maximum atomic E-state index is 11.4. The van der Waals surface area contributed by atoms with E-state index in [0.29, 0.717) is 11.3 Å². The molecule has 5 heteroatoms. The number of nitrogen functional groups attached to an aromatic ring is 1. The third kappa shape index (κ3) is 3.01. The van der Waals surface area contributed by atoms with E-state index in [0.717, 1.165) is 12.1 Å². The van der Waals surface area contributed by atoms with Crippen molar-refractivity contribution in [2.75, 3.05) is 11.1 Å². The van der Waals surface area contributed by atoms with E-state index >= 15 is 0 Å². The minimum absolute atomic E-state index is 0.265. The van der Waals surface area contributed by atoms with Gasteiger partial charge in [0.05, 0.1) is 17.4 Å². The SMILES string of the molecule is CCc1cccc(Nc2cnc(N)cc2C(N)=O)c1. The molecule has 0 fully saturated rings. The van der Waals surface area contributed by atoms with Gasteiger partial charge in [0, 0.05) is 5.69 Å². The first-order valence-electron chi connectivity index (χ1n) is 6.01. The Balaban J connectivity index is 2.34. The zero-order valence-corrected chi connectivity index (χ0v) is 10.7. The van der Waals surface area contributed by atoms with E-state index in [9.17, 15) is 4.79 Å². The third-order valence-electron chi connectivity index (χ3n) is 2.80. The van der Waals surface area contributed by atoms with Crippen molar-refractivity contribution < 1.29 is 4.79 Å². The lowest BCUT2D eigenvalue weighted by Gasteiger charge is -2.11. The molecular weight excluding hydrogens is 240 g/mol. The fraction of sp³-hybridized carbons (Fsp3) is 0.143. The Morgan fingerprint density at radius 3 is 2.84 bits per heavy atom. The molecule has 19 heavy (non-hydrogen) atoms. The second-order valence-electron chi connectivity index (χ2n) is 4.20. The maximum Gasteiger partial charge on any atom is 0.251 e. The van der Waals surface area contributed by atoms with Crippen LogP contribution in [0, 0.1) is 0 Å². The van der Waals surface area contributed by atoms with Crippen LogP contribution in [0.4, 0.5) is 17.2 Å². The molecule has 0 aliphatic heterocycles. The number of carbonyl (C=O) groups is 1. The Morgan fingerprint density at radius 1 is 1.37 bits per heavy atom. The fourth-order valence-corrected chi connectivity index (χ4v) is 1.80. The molecule has 0 radical (unpaired) electrons. The molecule has 1 aromatic heterocycles. The van der Waals surface area contributed by atoms with Gasteiger partial charge >= 0.3 is 0 Å². The zero-order valence-electron chi connectivity index (χ0n) is 10.7. The van der Waals surface area contributed by atoms with Gasteiger partial charge in [0.2, 0.25) is 0 Å². The molecule has 2 rings (SSSR count). The molecule has 0 saturated heterocycles. The Labute approximate surface area is 111 Å². The van der Waals surface area contributed by atoms with Crippen LogP contribution in [-0.2, 0) is 6.42 Å². The van der Waals surface area contributed by atoms with Gasteiger partial charge in [-0.05, 0) is 30.2 Å². The zero-order chi connectivity index (χ0) is 13.8. The highest BCUT2D eigenvalue weighted by Crippen LogP contribution is 2.22. The van der Waals surface area contributed by atoms with Gasteiger partial charge in [0.1, 0.15) is 5.82 Å². The number of anilines is 3. The standard InChI is InChI=1S/C14H16N4O/c1-2-9-4-3-5-10(6-9)18-12-8-17-13(15)7-11(12)14(16)19/h3-8,18H,2H2,1H3,(H2,15,17)(H2,16,19). The molecule has 5 nitrogen and oxygen atoms in total. The number of benzene rings is 1. The highest BCUT2D eigenvalue weighted by molar-refractivity contribution is 5.99. The molecule has 0 bridgehead atoms. The summed E-state index contributed by atoms with van der Waals surface area (Å²) >= 11 is 0. The number of aryl methyl sites for hydroxylation is 1. The molecule has 5 N–H and O–H groups in total. The number of nitrogens with one attached hydrogen (secondary N) is 1. The van der Waals surface area contributed by atoms with Crippen LogP contribution >= 0.6 is 0 Å². The van der Waals surface area contributed by atoms with Crippen molar-refractivity contribution in [2.24, 2.45) is 5.73 Å². The van der Waals surface area contributed by atoms with Crippen LogP contribution in [0.15, 0.2) is 36.5 Å². The number of nitrogens with two attached hydrogens (primary N) is 2. The maximum absolute atomic E-state index is 11.4. The summed E-state index contributed by atoms with van der Waals surface area (Å²) in [6.45, 7) is 2.08. The summed E-state index contributed by atoms with van der Waals surface area (Å²) in [7, 11) is 0. The molecule has 0 unspecified atom stereocenters. The molecule has 0 spiro atoms. The van der Waals surface area contributed by atoms with Crippen LogP contribution in [0.1, 0.15) is 22.8 Å². The van der Waals surface area contributed by atoms with Crippen LogP contribution in [0.3, 0.4) is 0 Å². The molecule has 1 heterocycles. The Kier molecular flexibility index (Phi) is 3.66. The van der Waals surface area contributed by atoms with Crippen molar-refractivity contribution in [3.8, 4) is 0 Å². The molecule has 2 aromatic rings. The largest absolute Gasteiger partial charge is 0.384 e. The fourth-order valence-electron chi connectivity index (χ4n) is 1.80. The first-order valence-corrected chi connectivity index (χ1v) is 6.01. The number of carbonyl (C=O) groups excluding carboxylic acids is 1. The molecule has 98 valence electrons. The smallest absolute Gasteiger partial charge is 0.251 e. The molecule has 1 amide bonds. The summed E-state index contributed by atoms with van der Waals surface area (Å²) in [6.07, 6.45) is 2.45.